The van der Waals surface area contributed by atoms with Crippen molar-refractivity contribution in [1.29, 1.82) is 0 Å². The Morgan fingerprint density at radius 2 is 0.490 bits per heavy atom. The first-order chi connectivity index (χ1) is 50.3. The van der Waals surface area contributed by atoms with Crippen molar-refractivity contribution in [2.75, 3.05) is 39.6 Å². The minimum absolute atomic E-state index is 0.105. The number of phosphoric ester groups is 2. The summed E-state index contributed by atoms with van der Waals surface area (Å²) in [5.74, 6) is 0.353. The number of hydrogen-bond acceptors (Lipinski definition) is 15. The number of carbonyl (C=O) groups is 4. The number of aliphatic hydroxyl groups is 1. The van der Waals surface area contributed by atoms with Gasteiger partial charge in [-0.2, -0.15) is 0 Å². The number of ether oxygens (including phenoxy) is 4. The summed E-state index contributed by atoms with van der Waals surface area (Å²) < 4.78 is 68.7. The van der Waals surface area contributed by atoms with Crippen molar-refractivity contribution in [3.05, 3.63) is 0 Å². The molecule has 0 aliphatic rings. The van der Waals surface area contributed by atoms with E-state index in [0.717, 1.165) is 108 Å². The number of esters is 4. The summed E-state index contributed by atoms with van der Waals surface area (Å²) in [5.41, 5.74) is 0. The molecule has 0 heterocycles. The lowest BCUT2D eigenvalue weighted by Gasteiger charge is -2.21. The van der Waals surface area contributed by atoms with Crippen LogP contribution in [0.2, 0.25) is 0 Å². The fraction of sp³-hybridized carbons (Fsp3) is 0.953. The van der Waals surface area contributed by atoms with Gasteiger partial charge in [-0.05, 0) is 43.4 Å². The van der Waals surface area contributed by atoms with Crippen LogP contribution >= 0.6 is 15.6 Å². The molecule has 0 aromatic heterocycles. The molecule has 0 amide bonds. The minimum Gasteiger partial charge on any atom is -0.462 e. The Balaban J connectivity index is 5.17. The second-order valence-electron chi connectivity index (χ2n) is 31.5. The molecule has 7 atom stereocenters. The van der Waals surface area contributed by atoms with Gasteiger partial charge in [0.1, 0.15) is 19.3 Å². The second-order valence-corrected chi connectivity index (χ2v) is 34.4. The average molecular weight is 1520 g/mol. The molecule has 104 heavy (non-hydrogen) atoms. The summed E-state index contributed by atoms with van der Waals surface area (Å²) >= 11 is 0. The Morgan fingerprint density at radius 1 is 0.279 bits per heavy atom. The summed E-state index contributed by atoms with van der Waals surface area (Å²) in [5, 5.41) is 10.6. The zero-order chi connectivity index (χ0) is 76.5. The van der Waals surface area contributed by atoms with E-state index in [0.29, 0.717) is 25.7 Å². The molecule has 0 aliphatic carbocycles. The van der Waals surface area contributed by atoms with Crippen LogP contribution in [0.3, 0.4) is 0 Å². The van der Waals surface area contributed by atoms with E-state index in [4.69, 9.17) is 37.0 Å². The lowest BCUT2D eigenvalue weighted by atomic mass is 9.99. The van der Waals surface area contributed by atoms with Crippen LogP contribution in [0.25, 0.3) is 0 Å². The van der Waals surface area contributed by atoms with Crippen molar-refractivity contribution in [1.82, 2.24) is 0 Å². The van der Waals surface area contributed by atoms with E-state index in [9.17, 15) is 43.2 Å². The third-order valence-corrected chi connectivity index (χ3v) is 22.5. The molecule has 0 bridgehead atoms. The van der Waals surface area contributed by atoms with Crippen molar-refractivity contribution in [2.45, 2.75) is 465 Å². The molecule has 0 aromatic rings. The molecular weight excluding hydrogens is 1350 g/mol. The first-order valence-corrected chi connectivity index (χ1v) is 46.9. The molecule has 0 saturated heterocycles. The highest BCUT2D eigenvalue weighted by Crippen LogP contribution is 2.45. The van der Waals surface area contributed by atoms with E-state index < -0.39 is 97.5 Å². The Kier molecular flexibility index (Phi) is 73.7. The summed E-state index contributed by atoms with van der Waals surface area (Å²) in [7, 11) is -9.92. The standard InChI is InChI=1S/C85H166O17P2/c1-8-11-12-13-14-35-45-52-59-66-82(87)95-72-81(102-85(90)69-62-55-48-41-40-42-49-56-63-76(4)5)75-100-104(93,94)98-71-79(86)70-97-103(91,92)99-74-80(101-84(89)68-61-54-47-39-34-30-26-22-18-16-20-24-28-32-37-44-51-58-65-78(7)10-3)73-96-83(88)67-60-53-46-38-33-29-25-21-17-15-19-23-27-31-36-43-50-57-64-77(6)9-2/h76-81,86H,8-75H2,1-7H3,(H,91,92)(H,93,94)/t77?,78?,79-,80-,81-/m1/s1. The van der Waals surface area contributed by atoms with Crippen molar-refractivity contribution >= 4 is 39.5 Å². The van der Waals surface area contributed by atoms with Crippen LogP contribution in [0.4, 0.5) is 0 Å². The molecule has 0 fully saturated rings. The van der Waals surface area contributed by atoms with E-state index in [1.165, 1.54) is 257 Å². The molecule has 3 N–H and O–H groups in total. The zero-order valence-corrected chi connectivity index (χ0v) is 70.3. The lowest BCUT2D eigenvalue weighted by Crippen LogP contribution is -2.30. The van der Waals surface area contributed by atoms with Gasteiger partial charge in [-0.1, -0.05) is 395 Å². The number of hydrogen-bond donors (Lipinski definition) is 3. The number of unbranched alkanes of at least 4 members (excludes halogenated alkanes) is 49. The third-order valence-electron chi connectivity index (χ3n) is 20.6. The van der Waals surface area contributed by atoms with Gasteiger partial charge in [0.15, 0.2) is 12.2 Å². The van der Waals surface area contributed by atoms with Crippen LogP contribution < -0.4 is 0 Å². The topological polar surface area (TPSA) is 237 Å². The van der Waals surface area contributed by atoms with Gasteiger partial charge in [-0.25, -0.2) is 9.13 Å². The molecule has 4 unspecified atom stereocenters. The van der Waals surface area contributed by atoms with Gasteiger partial charge in [0.2, 0.25) is 0 Å². The molecule has 0 rings (SSSR count). The Labute approximate surface area is 638 Å². The number of carbonyl (C=O) groups excluding carboxylic acids is 4. The second kappa shape index (κ2) is 75.1. The molecule has 618 valence electrons. The SMILES string of the molecule is CCCCCCCCCCCC(=O)OC[C@H](COP(=O)(O)OC[C@H](O)COP(=O)(O)OC[C@@H](COC(=O)CCCCCCCCCCCCCCCCCCCCC(C)CC)OC(=O)CCCCCCCCCCCCCCCCCCCCC(C)CC)OC(=O)CCCCCCCCCCC(C)C. The van der Waals surface area contributed by atoms with Crippen LogP contribution in [-0.4, -0.2) is 96.7 Å². The highest BCUT2D eigenvalue weighted by atomic mass is 31.2. The fourth-order valence-corrected chi connectivity index (χ4v) is 14.7. The van der Waals surface area contributed by atoms with Gasteiger partial charge in [0.05, 0.1) is 26.4 Å². The normalized spacial score (nSPS) is 14.4. The number of rotatable bonds is 83. The quantitative estimate of drug-likeness (QED) is 0.0222. The molecule has 0 radical (unpaired) electrons. The average Bonchev–Trinajstić information content (AvgIpc) is 0.913. The summed E-state index contributed by atoms with van der Waals surface area (Å²) in [6, 6.07) is 0. The Hall–Kier alpha value is -1.94. The maximum absolute atomic E-state index is 13.1. The molecule has 0 saturated carbocycles. The van der Waals surface area contributed by atoms with Gasteiger partial charge in [-0.15, -0.1) is 0 Å². The maximum atomic E-state index is 13.1. The van der Waals surface area contributed by atoms with Crippen LogP contribution in [0.5, 0.6) is 0 Å². The number of phosphoric acid groups is 2. The van der Waals surface area contributed by atoms with Crippen molar-refractivity contribution in [3.63, 3.8) is 0 Å². The molecular formula is C85H166O17P2. The van der Waals surface area contributed by atoms with E-state index in [1.54, 1.807) is 0 Å². The summed E-state index contributed by atoms with van der Waals surface area (Å²) in [6.07, 6.45) is 65.4. The highest BCUT2D eigenvalue weighted by Gasteiger charge is 2.30. The van der Waals surface area contributed by atoms with E-state index in [-0.39, 0.29) is 25.7 Å². The van der Waals surface area contributed by atoms with Gasteiger partial charge in [0, 0.05) is 25.7 Å². The smallest absolute Gasteiger partial charge is 0.462 e. The van der Waals surface area contributed by atoms with E-state index in [1.807, 2.05) is 0 Å². The van der Waals surface area contributed by atoms with Gasteiger partial charge >= 0.3 is 39.5 Å². The lowest BCUT2D eigenvalue weighted by molar-refractivity contribution is -0.161. The summed E-state index contributed by atoms with van der Waals surface area (Å²) in [6.45, 7) is 12.0. The molecule has 0 aliphatic heterocycles. The highest BCUT2D eigenvalue weighted by molar-refractivity contribution is 7.47. The molecule has 17 nitrogen and oxygen atoms in total. The predicted octanol–water partition coefficient (Wildman–Crippen LogP) is 25.7. The fourth-order valence-electron chi connectivity index (χ4n) is 13.1. The third kappa shape index (κ3) is 75.5. The molecule has 0 spiro atoms. The largest absolute Gasteiger partial charge is 0.472 e. The first-order valence-electron chi connectivity index (χ1n) is 43.9. The van der Waals surface area contributed by atoms with Crippen LogP contribution in [0.15, 0.2) is 0 Å². The van der Waals surface area contributed by atoms with Crippen LogP contribution in [0.1, 0.15) is 447 Å². The van der Waals surface area contributed by atoms with E-state index >= 15 is 0 Å². The number of aliphatic hydroxyl groups excluding tert-OH is 1. The van der Waals surface area contributed by atoms with E-state index in [2.05, 4.69) is 48.5 Å². The van der Waals surface area contributed by atoms with Crippen molar-refractivity contribution in [2.24, 2.45) is 17.8 Å². The Morgan fingerprint density at radius 3 is 0.731 bits per heavy atom. The van der Waals surface area contributed by atoms with Crippen molar-refractivity contribution in [3.8, 4) is 0 Å². The molecule has 0 aromatic carbocycles. The predicted molar refractivity (Wildman–Crippen MR) is 428 cm³/mol. The van der Waals surface area contributed by atoms with Crippen LogP contribution in [0, 0.1) is 17.8 Å². The van der Waals surface area contributed by atoms with Gasteiger partial charge in [0.25, 0.3) is 0 Å². The first kappa shape index (κ1) is 102. The minimum atomic E-state index is -4.96. The zero-order valence-electron chi connectivity index (χ0n) is 68.5. The van der Waals surface area contributed by atoms with Crippen LogP contribution in [-0.2, 0) is 65.4 Å². The summed E-state index contributed by atoms with van der Waals surface area (Å²) in [4.78, 5) is 73.0. The van der Waals surface area contributed by atoms with Gasteiger partial charge in [-0.3, -0.25) is 37.3 Å². The Bertz CT molecular complexity index is 2010. The molecule has 19 heteroatoms. The van der Waals surface area contributed by atoms with Crippen molar-refractivity contribution < 1.29 is 80.2 Å². The van der Waals surface area contributed by atoms with Gasteiger partial charge < -0.3 is 33.8 Å². The maximum Gasteiger partial charge on any atom is 0.472 e. The monoisotopic (exact) mass is 1520 g/mol.